The zero-order valence-corrected chi connectivity index (χ0v) is 10.2. The van der Waals surface area contributed by atoms with Gasteiger partial charge in [-0.25, -0.2) is 0 Å². The van der Waals surface area contributed by atoms with Crippen LogP contribution in [0.3, 0.4) is 0 Å². The second kappa shape index (κ2) is 5.32. The van der Waals surface area contributed by atoms with Crippen molar-refractivity contribution in [1.29, 1.82) is 0 Å². The summed E-state index contributed by atoms with van der Waals surface area (Å²) < 4.78 is 5.62. The average molecular weight is 223 g/mol. The van der Waals surface area contributed by atoms with Crippen LogP contribution in [0.2, 0.25) is 0 Å². The molecule has 0 bridgehead atoms. The maximum atomic E-state index is 9.86. The second-order valence-corrected chi connectivity index (χ2v) is 4.47. The van der Waals surface area contributed by atoms with Crippen LogP contribution in [0.1, 0.15) is 38.8 Å². The van der Waals surface area contributed by atoms with Gasteiger partial charge in [0.05, 0.1) is 5.60 Å². The Kier molecular flexibility index (Phi) is 4.33. The number of rotatable bonds is 5. The van der Waals surface area contributed by atoms with Gasteiger partial charge in [0.1, 0.15) is 12.4 Å². The normalized spacial score (nSPS) is 16.6. The van der Waals surface area contributed by atoms with Gasteiger partial charge in [0.2, 0.25) is 0 Å². The standard InChI is InChI=1S/C13H21NO2/c1-4-13(3,15)9-16-12-8-6-5-7-11(12)10(2)14/h5-8,10,15H,4,9,14H2,1-3H3/t10-,13?/m1/s1. The molecular formula is C13H21NO2. The lowest BCUT2D eigenvalue weighted by Gasteiger charge is -2.23. The van der Waals surface area contributed by atoms with Crippen LogP contribution in [0.15, 0.2) is 24.3 Å². The van der Waals surface area contributed by atoms with Gasteiger partial charge >= 0.3 is 0 Å². The highest BCUT2D eigenvalue weighted by molar-refractivity contribution is 5.35. The van der Waals surface area contributed by atoms with E-state index in [2.05, 4.69) is 0 Å². The summed E-state index contributed by atoms with van der Waals surface area (Å²) in [5.41, 5.74) is 6.02. The lowest BCUT2D eigenvalue weighted by Crippen LogP contribution is -2.31. The van der Waals surface area contributed by atoms with Crippen LogP contribution >= 0.6 is 0 Å². The van der Waals surface area contributed by atoms with Crippen LogP contribution < -0.4 is 10.5 Å². The van der Waals surface area contributed by atoms with E-state index in [9.17, 15) is 5.11 Å². The molecule has 0 fully saturated rings. The van der Waals surface area contributed by atoms with Crippen LogP contribution in [0.4, 0.5) is 0 Å². The van der Waals surface area contributed by atoms with E-state index in [0.717, 1.165) is 11.3 Å². The summed E-state index contributed by atoms with van der Waals surface area (Å²) in [5, 5.41) is 9.86. The molecule has 0 spiro atoms. The molecular weight excluding hydrogens is 202 g/mol. The minimum atomic E-state index is -0.787. The SMILES string of the molecule is CCC(C)(O)COc1ccccc1[C@@H](C)N. The molecule has 0 aliphatic carbocycles. The van der Waals surface area contributed by atoms with E-state index in [1.54, 1.807) is 6.92 Å². The molecule has 90 valence electrons. The molecule has 0 aliphatic rings. The molecule has 0 saturated heterocycles. The Morgan fingerprint density at radius 2 is 2.06 bits per heavy atom. The van der Waals surface area contributed by atoms with Gasteiger partial charge in [-0.2, -0.15) is 0 Å². The Hall–Kier alpha value is -1.06. The predicted octanol–water partition coefficient (Wildman–Crippen LogP) is 2.25. The van der Waals surface area contributed by atoms with Crippen molar-refractivity contribution in [1.82, 2.24) is 0 Å². The third-order valence-electron chi connectivity index (χ3n) is 2.71. The second-order valence-electron chi connectivity index (χ2n) is 4.47. The number of nitrogens with two attached hydrogens (primary N) is 1. The number of ether oxygens (including phenoxy) is 1. The number of para-hydroxylation sites is 1. The van der Waals surface area contributed by atoms with Gasteiger partial charge in [-0.05, 0) is 26.3 Å². The van der Waals surface area contributed by atoms with Crippen molar-refractivity contribution in [3.63, 3.8) is 0 Å². The van der Waals surface area contributed by atoms with Gasteiger partial charge in [-0.3, -0.25) is 0 Å². The highest BCUT2D eigenvalue weighted by Gasteiger charge is 2.19. The van der Waals surface area contributed by atoms with Crippen molar-refractivity contribution in [2.75, 3.05) is 6.61 Å². The fraction of sp³-hybridized carbons (Fsp3) is 0.538. The van der Waals surface area contributed by atoms with Crippen molar-refractivity contribution in [2.24, 2.45) is 5.73 Å². The molecule has 3 nitrogen and oxygen atoms in total. The summed E-state index contributed by atoms with van der Waals surface area (Å²) in [6.45, 7) is 5.90. The Morgan fingerprint density at radius 1 is 1.44 bits per heavy atom. The topological polar surface area (TPSA) is 55.5 Å². The maximum Gasteiger partial charge on any atom is 0.124 e. The Bertz CT molecular complexity index is 334. The van der Waals surface area contributed by atoms with E-state index in [-0.39, 0.29) is 12.6 Å². The van der Waals surface area contributed by atoms with Crippen molar-refractivity contribution < 1.29 is 9.84 Å². The molecule has 1 aromatic rings. The van der Waals surface area contributed by atoms with Gasteiger partial charge in [0.15, 0.2) is 0 Å². The Morgan fingerprint density at radius 3 is 2.62 bits per heavy atom. The van der Waals surface area contributed by atoms with Crippen molar-refractivity contribution in [2.45, 2.75) is 38.8 Å². The molecule has 3 N–H and O–H groups in total. The summed E-state index contributed by atoms with van der Waals surface area (Å²) in [7, 11) is 0. The zero-order chi connectivity index (χ0) is 12.2. The molecule has 0 saturated carbocycles. The fourth-order valence-electron chi connectivity index (χ4n) is 1.32. The summed E-state index contributed by atoms with van der Waals surface area (Å²) in [6.07, 6.45) is 0.660. The maximum absolute atomic E-state index is 9.86. The molecule has 1 rings (SSSR count). The first-order chi connectivity index (χ1) is 7.46. The molecule has 0 radical (unpaired) electrons. The first kappa shape index (κ1) is 13.0. The van der Waals surface area contributed by atoms with Crippen molar-refractivity contribution in [3.8, 4) is 5.75 Å². The first-order valence-corrected chi connectivity index (χ1v) is 5.66. The number of aliphatic hydroxyl groups is 1. The summed E-state index contributed by atoms with van der Waals surface area (Å²) in [5.74, 6) is 0.756. The molecule has 3 heteroatoms. The largest absolute Gasteiger partial charge is 0.490 e. The number of benzene rings is 1. The number of hydrogen-bond donors (Lipinski definition) is 2. The van der Waals surface area contributed by atoms with E-state index in [1.165, 1.54) is 0 Å². The quantitative estimate of drug-likeness (QED) is 0.805. The summed E-state index contributed by atoms with van der Waals surface area (Å²) in [4.78, 5) is 0. The van der Waals surface area contributed by atoms with Crippen LogP contribution in [0.5, 0.6) is 5.75 Å². The molecule has 2 atom stereocenters. The third kappa shape index (κ3) is 3.51. The molecule has 0 aliphatic heterocycles. The van der Waals surface area contributed by atoms with Gasteiger partial charge in [-0.1, -0.05) is 25.1 Å². The van der Waals surface area contributed by atoms with E-state index in [1.807, 2.05) is 38.1 Å². The van der Waals surface area contributed by atoms with Crippen molar-refractivity contribution >= 4 is 0 Å². The van der Waals surface area contributed by atoms with Crippen LogP contribution in [0, 0.1) is 0 Å². The van der Waals surface area contributed by atoms with Gasteiger partial charge < -0.3 is 15.6 Å². The molecule has 1 unspecified atom stereocenters. The number of hydrogen-bond acceptors (Lipinski definition) is 3. The monoisotopic (exact) mass is 223 g/mol. The van der Waals surface area contributed by atoms with E-state index < -0.39 is 5.60 Å². The van der Waals surface area contributed by atoms with E-state index in [0.29, 0.717) is 6.42 Å². The fourth-order valence-corrected chi connectivity index (χ4v) is 1.32. The summed E-state index contributed by atoms with van der Waals surface area (Å²) >= 11 is 0. The lowest BCUT2D eigenvalue weighted by molar-refractivity contribution is 0.00810. The van der Waals surface area contributed by atoms with Gasteiger partial charge in [-0.15, -0.1) is 0 Å². The first-order valence-electron chi connectivity index (χ1n) is 5.66. The van der Waals surface area contributed by atoms with E-state index in [4.69, 9.17) is 10.5 Å². The predicted molar refractivity (Wildman–Crippen MR) is 65.5 cm³/mol. The smallest absolute Gasteiger partial charge is 0.124 e. The Balaban J connectivity index is 2.74. The van der Waals surface area contributed by atoms with Gasteiger partial charge in [0.25, 0.3) is 0 Å². The molecule has 0 heterocycles. The molecule has 0 amide bonds. The molecule has 1 aromatic carbocycles. The third-order valence-corrected chi connectivity index (χ3v) is 2.71. The lowest BCUT2D eigenvalue weighted by atomic mass is 10.1. The minimum Gasteiger partial charge on any atom is -0.490 e. The van der Waals surface area contributed by atoms with Crippen molar-refractivity contribution in [3.05, 3.63) is 29.8 Å². The van der Waals surface area contributed by atoms with E-state index >= 15 is 0 Å². The average Bonchev–Trinajstić information content (AvgIpc) is 2.27. The molecule has 0 aromatic heterocycles. The Labute approximate surface area is 97.2 Å². The zero-order valence-electron chi connectivity index (χ0n) is 10.2. The van der Waals surface area contributed by atoms with Crippen LogP contribution in [-0.2, 0) is 0 Å². The highest BCUT2D eigenvalue weighted by Crippen LogP contribution is 2.24. The minimum absolute atomic E-state index is 0.0669. The highest BCUT2D eigenvalue weighted by atomic mass is 16.5. The molecule has 16 heavy (non-hydrogen) atoms. The summed E-state index contributed by atoms with van der Waals surface area (Å²) in [6, 6.07) is 7.60. The van der Waals surface area contributed by atoms with Crippen LogP contribution in [0.25, 0.3) is 0 Å². The van der Waals surface area contributed by atoms with Crippen LogP contribution in [-0.4, -0.2) is 17.3 Å². The van der Waals surface area contributed by atoms with Gasteiger partial charge in [0, 0.05) is 11.6 Å².